The fourth-order valence-electron chi connectivity index (χ4n) is 4.04. The van der Waals surface area contributed by atoms with Crippen molar-refractivity contribution in [1.82, 2.24) is 20.7 Å². The molecule has 0 aromatic carbocycles. The maximum Gasteiger partial charge on any atom is 0.323 e. The molecule has 152 valence electrons. The third-order valence-corrected chi connectivity index (χ3v) is 4.82. The van der Waals surface area contributed by atoms with Gasteiger partial charge in [-0.1, -0.05) is 0 Å². The minimum Gasteiger partial charge on any atom is -0.395 e. The van der Waals surface area contributed by atoms with Gasteiger partial charge in [0.2, 0.25) is 0 Å². The number of aliphatic hydroxyl groups excluding tert-OH is 3. The molecule has 9 nitrogen and oxygen atoms in total. The van der Waals surface area contributed by atoms with Gasteiger partial charge in [-0.15, -0.1) is 0 Å². The molecule has 0 atom stereocenters. The second-order valence-corrected chi connectivity index (χ2v) is 7.95. The van der Waals surface area contributed by atoms with Crippen LogP contribution < -0.4 is 10.7 Å². The van der Waals surface area contributed by atoms with Crippen molar-refractivity contribution in [1.29, 1.82) is 0 Å². The highest BCUT2D eigenvalue weighted by molar-refractivity contribution is 6.35. The molecule has 1 rings (SSSR count). The lowest BCUT2D eigenvalue weighted by atomic mass is 9.77. The lowest BCUT2D eigenvalue weighted by molar-refractivity contribution is -0.143. The highest BCUT2D eigenvalue weighted by Gasteiger charge is 2.45. The summed E-state index contributed by atoms with van der Waals surface area (Å²) in [4.78, 5) is 26.6. The van der Waals surface area contributed by atoms with Gasteiger partial charge in [0.15, 0.2) is 0 Å². The topological polar surface area (TPSA) is 125 Å². The third-order valence-electron chi connectivity index (χ3n) is 4.82. The van der Waals surface area contributed by atoms with Crippen LogP contribution in [0.5, 0.6) is 0 Å². The number of amides is 2. The van der Waals surface area contributed by atoms with Crippen LogP contribution in [0.15, 0.2) is 0 Å². The first-order valence-corrected chi connectivity index (χ1v) is 9.04. The Morgan fingerprint density at radius 3 is 1.88 bits per heavy atom. The molecular weight excluding hydrogens is 340 g/mol. The Kier molecular flexibility index (Phi) is 8.42. The van der Waals surface area contributed by atoms with Crippen LogP contribution in [0.1, 0.15) is 40.5 Å². The van der Waals surface area contributed by atoms with Crippen LogP contribution >= 0.6 is 0 Å². The Morgan fingerprint density at radius 1 is 0.962 bits per heavy atom. The summed E-state index contributed by atoms with van der Waals surface area (Å²) in [5, 5.41) is 31.4. The lowest BCUT2D eigenvalue weighted by Crippen LogP contribution is -2.65. The summed E-state index contributed by atoms with van der Waals surface area (Å²) < 4.78 is 0. The average molecular weight is 374 g/mol. The van der Waals surface area contributed by atoms with Gasteiger partial charge < -0.3 is 20.6 Å². The molecule has 0 spiro atoms. The second-order valence-electron chi connectivity index (χ2n) is 7.95. The molecule has 0 radical (unpaired) electrons. The number of hydrogen-bond acceptors (Lipinski definition) is 7. The van der Waals surface area contributed by atoms with E-state index in [1.54, 1.807) is 0 Å². The Labute approximate surface area is 155 Å². The van der Waals surface area contributed by atoms with Gasteiger partial charge in [-0.25, -0.2) is 5.01 Å². The van der Waals surface area contributed by atoms with E-state index in [4.69, 9.17) is 10.2 Å². The van der Waals surface area contributed by atoms with Crippen molar-refractivity contribution in [2.75, 3.05) is 39.5 Å². The molecule has 1 aliphatic rings. The highest BCUT2D eigenvalue weighted by atomic mass is 16.3. The molecular formula is C17H34N4O5. The summed E-state index contributed by atoms with van der Waals surface area (Å²) in [7, 11) is 0. The molecule has 1 aliphatic heterocycles. The zero-order chi connectivity index (χ0) is 20.0. The Balaban J connectivity index is 2.70. The van der Waals surface area contributed by atoms with E-state index in [1.807, 2.05) is 0 Å². The predicted octanol–water partition coefficient (Wildman–Crippen LogP) is -1.57. The smallest absolute Gasteiger partial charge is 0.323 e. The predicted molar refractivity (Wildman–Crippen MR) is 97.0 cm³/mol. The number of aliphatic hydroxyl groups is 3. The Hall–Kier alpha value is -1.26. The Morgan fingerprint density at radius 2 is 1.46 bits per heavy atom. The number of rotatable bonds is 8. The van der Waals surface area contributed by atoms with Crippen LogP contribution in [0.4, 0.5) is 0 Å². The van der Waals surface area contributed by atoms with Crippen LogP contribution in [-0.2, 0) is 9.59 Å². The molecule has 0 aliphatic carbocycles. The molecule has 0 bridgehead atoms. The summed E-state index contributed by atoms with van der Waals surface area (Å²) >= 11 is 0. The first-order valence-electron chi connectivity index (χ1n) is 9.04. The number of carbonyl (C=O) groups is 2. The summed E-state index contributed by atoms with van der Waals surface area (Å²) in [6, 6.07) is -0.169. The SMILES string of the molecule is CC1(C)CC(NC(=O)C(=O)NN(CCO)CCO)CC(C)(C)N1CCO. The number of nitrogens with one attached hydrogen (secondary N) is 2. The fraction of sp³-hybridized carbons (Fsp3) is 0.882. The van der Waals surface area contributed by atoms with Crippen molar-refractivity contribution in [3.63, 3.8) is 0 Å². The van der Waals surface area contributed by atoms with Gasteiger partial charge in [-0.3, -0.25) is 19.9 Å². The average Bonchev–Trinajstić information content (AvgIpc) is 2.50. The van der Waals surface area contributed by atoms with Crippen LogP contribution in [0.25, 0.3) is 0 Å². The van der Waals surface area contributed by atoms with Crippen molar-refractivity contribution in [3.8, 4) is 0 Å². The van der Waals surface area contributed by atoms with Crippen LogP contribution in [0.2, 0.25) is 0 Å². The first-order chi connectivity index (χ1) is 12.1. The van der Waals surface area contributed by atoms with E-state index in [0.29, 0.717) is 19.4 Å². The minimum atomic E-state index is -0.819. The largest absolute Gasteiger partial charge is 0.395 e. The molecule has 2 amide bonds. The van der Waals surface area contributed by atoms with E-state index >= 15 is 0 Å². The van der Waals surface area contributed by atoms with Gasteiger partial charge in [0.1, 0.15) is 0 Å². The summed E-state index contributed by atoms with van der Waals surface area (Å²) in [5.41, 5.74) is 1.92. The number of hydrogen-bond donors (Lipinski definition) is 5. The monoisotopic (exact) mass is 374 g/mol. The second kappa shape index (κ2) is 9.61. The molecule has 0 aromatic heterocycles. The van der Waals surface area contributed by atoms with E-state index in [2.05, 4.69) is 43.3 Å². The van der Waals surface area contributed by atoms with Crippen LogP contribution in [-0.4, -0.2) is 93.6 Å². The molecule has 0 saturated carbocycles. The summed E-state index contributed by atoms with van der Waals surface area (Å²) in [5.74, 6) is -1.56. The van der Waals surface area contributed by atoms with Crippen molar-refractivity contribution in [2.45, 2.75) is 57.7 Å². The number of hydrazine groups is 1. The third kappa shape index (κ3) is 6.17. The molecule has 0 unspecified atom stereocenters. The van der Waals surface area contributed by atoms with Gasteiger partial charge in [0.05, 0.1) is 19.8 Å². The van der Waals surface area contributed by atoms with Crippen LogP contribution in [0.3, 0.4) is 0 Å². The van der Waals surface area contributed by atoms with Crippen molar-refractivity contribution in [3.05, 3.63) is 0 Å². The Bertz CT molecular complexity index is 460. The maximum atomic E-state index is 12.3. The van der Waals surface area contributed by atoms with Crippen molar-refractivity contribution < 1.29 is 24.9 Å². The quantitative estimate of drug-likeness (QED) is 0.257. The molecule has 9 heteroatoms. The standard InChI is InChI=1S/C17H34N4O5/c1-16(2)11-13(12-17(3,4)21(16)7-10-24)18-14(25)15(26)19-20(5-8-22)6-9-23/h13,22-24H,5-12H2,1-4H3,(H,18,25)(H,19,26). The molecule has 1 fully saturated rings. The van der Waals surface area contributed by atoms with Gasteiger partial charge >= 0.3 is 11.8 Å². The molecule has 0 aromatic rings. The molecule has 5 N–H and O–H groups in total. The van der Waals surface area contributed by atoms with E-state index < -0.39 is 11.8 Å². The summed E-state index contributed by atoms with van der Waals surface area (Å²) in [6.45, 7) is 8.72. The van der Waals surface area contributed by atoms with Crippen molar-refractivity contribution in [2.24, 2.45) is 0 Å². The number of likely N-dealkylation sites (tertiary alicyclic amines) is 1. The molecule has 1 saturated heterocycles. The van der Waals surface area contributed by atoms with E-state index in [0.717, 1.165) is 0 Å². The highest BCUT2D eigenvalue weighted by Crippen LogP contribution is 2.37. The first kappa shape index (κ1) is 22.8. The minimum absolute atomic E-state index is 0.0673. The van der Waals surface area contributed by atoms with Crippen molar-refractivity contribution >= 4 is 11.8 Å². The number of nitrogens with zero attached hydrogens (tertiary/aromatic N) is 2. The fourth-order valence-corrected chi connectivity index (χ4v) is 4.04. The number of piperidine rings is 1. The number of carbonyl (C=O) groups excluding carboxylic acids is 2. The zero-order valence-corrected chi connectivity index (χ0v) is 16.3. The van der Waals surface area contributed by atoms with E-state index in [1.165, 1.54) is 5.01 Å². The lowest BCUT2D eigenvalue weighted by Gasteiger charge is -2.55. The summed E-state index contributed by atoms with van der Waals surface area (Å²) in [6.07, 6.45) is 1.32. The zero-order valence-electron chi connectivity index (χ0n) is 16.3. The normalized spacial score (nSPS) is 20.2. The van der Waals surface area contributed by atoms with Crippen LogP contribution in [0, 0.1) is 0 Å². The van der Waals surface area contributed by atoms with E-state index in [9.17, 15) is 14.7 Å². The van der Waals surface area contributed by atoms with Gasteiger partial charge in [-0.05, 0) is 40.5 Å². The van der Waals surface area contributed by atoms with Gasteiger partial charge in [0, 0.05) is 36.8 Å². The molecule has 1 heterocycles. The van der Waals surface area contributed by atoms with E-state index in [-0.39, 0.29) is 50.0 Å². The molecule has 26 heavy (non-hydrogen) atoms. The number of β-amino-alcohol motifs (C(OH)–C–C–N with tert-alkyl or cyclic N) is 1. The van der Waals surface area contributed by atoms with Gasteiger partial charge in [-0.2, -0.15) is 0 Å². The maximum absolute atomic E-state index is 12.3. The van der Waals surface area contributed by atoms with Gasteiger partial charge in [0.25, 0.3) is 0 Å².